The summed E-state index contributed by atoms with van der Waals surface area (Å²) in [6.07, 6.45) is 1.49. The first-order valence-electron chi connectivity index (χ1n) is 5.45. The van der Waals surface area contributed by atoms with Gasteiger partial charge in [-0.1, -0.05) is 13.3 Å². The molecule has 0 unspecified atom stereocenters. The van der Waals surface area contributed by atoms with E-state index in [2.05, 4.69) is 0 Å². The first-order chi connectivity index (χ1) is 7.91. The summed E-state index contributed by atoms with van der Waals surface area (Å²) in [7, 11) is 1.33. The molecule has 1 aromatic rings. The van der Waals surface area contributed by atoms with Crippen molar-refractivity contribution in [1.82, 2.24) is 9.13 Å². The van der Waals surface area contributed by atoms with Crippen LogP contribution < -0.4 is 11.2 Å². The molecule has 0 spiro atoms. The lowest BCUT2D eigenvalue weighted by Gasteiger charge is -2.10. The van der Waals surface area contributed by atoms with Crippen molar-refractivity contribution in [3.05, 3.63) is 26.4 Å². The fourth-order valence-electron chi connectivity index (χ4n) is 1.58. The van der Waals surface area contributed by atoms with E-state index in [-0.39, 0.29) is 12.1 Å². The Morgan fingerprint density at radius 3 is 2.41 bits per heavy atom. The quantitative estimate of drug-likeness (QED) is 0.765. The van der Waals surface area contributed by atoms with E-state index in [1.165, 1.54) is 14.0 Å². The van der Waals surface area contributed by atoms with Gasteiger partial charge in [0.2, 0.25) is 5.88 Å². The molecule has 1 rings (SSSR count). The lowest BCUT2D eigenvalue weighted by atomic mass is 10.2. The fraction of sp³-hybridized carbons (Fsp3) is 0.545. The van der Waals surface area contributed by atoms with Gasteiger partial charge in [0.1, 0.15) is 5.56 Å². The van der Waals surface area contributed by atoms with Crippen molar-refractivity contribution >= 4 is 5.78 Å². The first-order valence-corrected chi connectivity index (χ1v) is 5.45. The molecule has 0 bridgehead atoms. The summed E-state index contributed by atoms with van der Waals surface area (Å²) in [5, 5.41) is 9.61. The molecule has 0 amide bonds. The molecule has 1 aromatic heterocycles. The van der Waals surface area contributed by atoms with Gasteiger partial charge in [0, 0.05) is 13.6 Å². The maximum Gasteiger partial charge on any atom is 0.333 e. The van der Waals surface area contributed by atoms with Gasteiger partial charge in [-0.2, -0.15) is 0 Å². The molecule has 0 aliphatic heterocycles. The molecular weight excluding hydrogens is 224 g/mol. The van der Waals surface area contributed by atoms with Crippen LogP contribution in [-0.4, -0.2) is 20.0 Å². The Morgan fingerprint density at radius 1 is 1.35 bits per heavy atom. The Labute approximate surface area is 98.1 Å². The minimum Gasteiger partial charge on any atom is -0.494 e. The number of hydrogen-bond acceptors (Lipinski definition) is 4. The smallest absolute Gasteiger partial charge is 0.333 e. The van der Waals surface area contributed by atoms with E-state index in [4.69, 9.17) is 0 Å². The summed E-state index contributed by atoms with van der Waals surface area (Å²) < 4.78 is 1.90. The van der Waals surface area contributed by atoms with E-state index in [9.17, 15) is 19.5 Å². The number of unbranched alkanes of at least 4 members (excludes halogenated alkanes) is 1. The lowest BCUT2D eigenvalue weighted by molar-refractivity contribution is 0.101. The summed E-state index contributed by atoms with van der Waals surface area (Å²) in [6, 6.07) is 0. The van der Waals surface area contributed by atoms with Crippen molar-refractivity contribution in [2.24, 2.45) is 7.05 Å². The van der Waals surface area contributed by atoms with E-state index < -0.39 is 22.9 Å². The average Bonchev–Trinajstić information content (AvgIpc) is 2.26. The highest BCUT2D eigenvalue weighted by Crippen LogP contribution is 2.09. The van der Waals surface area contributed by atoms with Gasteiger partial charge in [0.25, 0.3) is 5.56 Å². The normalized spacial score (nSPS) is 10.5. The second kappa shape index (κ2) is 4.99. The highest BCUT2D eigenvalue weighted by Gasteiger charge is 2.19. The van der Waals surface area contributed by atoms with Crippen LogP contribution in [0.1, 0.15) is 37.0 Å². The zero-order valence-corrected chi connectivity index (χ0v) is 10.2. The van der Waals surface area contributed by atoms with Gasteiger partial charge in [0.15, 0.2) is 5.78 Å². The number of rotatable bonds is 4. The van der Waals surface area contributed by atoms with Gasteiger partial charge in [-0.25, -0.2) is 4.79 Å². The van der Waals surface area contributed by atoms with Crippen LogP contribution >= 0.6 is 0 Å². The van der Waals surface area contributed by atoms with Crippen molar-refractivity contribution in [2.75, 3.05) is 0 Å². The lowest BCUT2D eigenvalue weighted by Crippen LogP contribution is -2.41. The molecular formula is C11H16N2O4. The molecule has 0 radical (unpaired) electrons. The number of Topliss-reactive ketones (excluding diaryl/α,β-unsaturated/α-hetero) is 1. The molecule has 1 N–H and O–H groups in total. The fourth-order valence-corrected chi connectivity index (χ4v) is 1.58. The van der Waals surface area contributed by atoms with Gasteiger partial charge in [0.05, 0.1) is 0 Å². The van der Waals surface area contributed by atoms with E-state index in [0.29, 0.717) is 6.42 Å². The van der Waals surface area contributed by atoms with Crippen LogP contribution in [-0.2, 0) is 13.6 Å². The summed E-state index contributed by atoms with van der Waals surface area (Å²) in [5.74, 6) is -1.12. The number of ketones is 1. The van der Waals surface area contributed by atoms with Gasteiger partial charge in [-0.3, -0.25) is 18.7 Å². The zero-order valence-electron chi connectivity index (χ0n) is 10.2. The summed E-state index contributed by atoms with van der Waals surface area (Å²) in [5.41, 5.74) is -1.65. The monoisotopic (exact) mass is 240 g/mol. The van der Waals surface area contributed by atoms with Crippen molar-refractivity contribution in [1.29, 1.82) is 0 Å². The minimum absolute atomic E-state index is 0.253. The molecule has 17 heavy (non-hydrogen) atoms. The van der Waals surface area contributed by atoms with Gasteiger partial charge < -0.3 is 5.11 Å². The number of aromatic nitrogens is 2. The van der Waals surface area contributed by atoms with Crippen molar-refractivity contribution in [3.63, 3.8) is 0 Å². The Morgan fingerprint density at radius 2 is 1.94 bits per heavy atom. The van der Waals surface area contributed by atoms with Gasteiger partial charge in [-0.15, -0.1) is 0 Å². The van der Waals surface area contributed by atoms with Crippen LogP contribution in [0.2, 0.25) is 0 Å². The van der Waals surface area contributed by atoms with Crippen molar-refractivity contribution in [3.8, 4) is 5.88 Å². The van der Waals surface area contributed by atoms with E-state index >= 15 is 0 Å². The van der Waals surface area contributed by atoms with Crippen LogP contribution in [0.5, 0.6) is 5.88 Å². The first kappa shape index (κ1) is 13.2. The molecule has 0 aliphatic rings. The third-order valence-electron chi connectivity index (χ3n) is 2.61. The Bertz CT molecular complexity index is 554. The second-order valence-electron chi connectivity index (χ2n) is 3.91. The number of aromatic hydroxyl groups is 1. The van der Waals surface area contributed by atoms with Crippen LogP contribution in [0.4, 0.5) is 0 Å². The van der Waals surface area contributed by atoms with Gasteiger partial charge in [-0.05, 0) is 13.3 Å². The molecule has 0 aromatic carbocycles. The molecule has 0 aliphatic carbocycles. The molecule has 0 saturated carbocycles. The Hall–Kier alpha value is -1.85. The molecule has 6 heteroatoms. The van der Waals surface area contributed by atoms with Gasteiger partial charge >= 0.3 is 5.69 Å². The summed E-state index contributed by atoms with van der Waals surface area (Å²) in [6.45, 7) is 3.37. The summed E-state index contributed by atoms with van der Waals surface area (Å²) >= 11 is 0. The molecule has 1 heterocycles. The van der Waals surface area contributed by atoms with E-state index in [0.717, 1.165) is 15.6 Å². The average molecular weight is 240 g/mol. The standard InChI is InChI=1S/C11H16N2O4/c1-4-5-6-13-10(16)8(7(2)14)9(15)12(3)11(13)17/h15H,4-6H2,1-3H3. The summed E-state index contributed by atoms with van der Waals surface area (Å²) in [4.78, 5) is 34.9. The second-order valence-corrected chi connectivity index (χ2v) is 3.91. The Kier molecular flexibility index (Phi) is 3.88. The number of carbonyl (C=O) groups excluding carboxylic acids is 1. The maximum absolute atomic E-state index is 11.9. The Balaban J connectivity index is 3.57. The minimum atomic E-state index is -0.716. The van der Waals surface area contributed by atoms with Crippen LogP contribution in [0.15, 0.2) is 9.59 Å². The molecule has 0 atom stereocenters. The zero-order chi connectivity index (χ0) is 13.2. The van der Waals surface area contributed by atoms with E-state index in [1.54, 1.807) is 0 Å². The molecule has 0 saturated heterocycles. The molecule has 94 valence electrons. The molecule has 6 nitrogen and oxygen atoms in total. The van der Waals surface area contributed by atoms with Crippen molar-refractivity contribution in [2.45, 2.75) is 33.2 Å². The third-order valence-corrected chi connectivity index (χ3v) is 2.61. The number of nitrogens with zero attached hydrogens (tertiary/aromatic N) is 2. The van der Waals surface area contributed by atoms with Crippen LogP contribution in [0, 0.1) is 0 Å². The maximum atomic E-state index is 11.9. The highest BCUT2D eigenvalue weighted by atomic mass is 16.3. The SMILES string of the molecule is CCCCn1c(=O)c(C(C)=O)c(O)n(C)c1=O. The number of carbonyl (C=O) groups is 1. The highest BCUT2D eigenvalue weighted by molar-refractivity contribution is 5.95. The van der Waals surface area contributed by atoms with Crippen LogP contribution in [0.3, 0.4) is 0 Å². The topological polar surface area (TPSA) is 81.3 Å². The predicted octanol–water partition coefficient (Wildman–Crippen LogP) is 0.255. The van der Waals surface area contributed by atoms with Crippen LogP contribution in [0.25, 0.3) is 0 Å². The number of hydrogen-bond donors (Lipinski definition) is 1. The largest absolute Gasteiger partial charge is 0.494 e. The van der Waals surface area contributed by atoms with Crippen molar-refractivity contribution < 1.29 is 9.90 Å². The van der Waals surface area contributed by atoms with E-state index in [1.807, 2.05) is 6.92 Å². The molecule has 0 fully saturated rings. The predicted molar refractivity (Wildman–Crippen MR) is 62.5 cm³/mol. The third kappa shape index (κ3) is 2.30.